The van der Waals surface area contributed by atoms with Crippen molar-refractivity contribution in [1.29, 1.82) is 0 Å². The molecule has 1 atom stereocenters. The second-order valence-corrected chi connectivity index (χ2v) is 5.52. The van der Waals surface area contributed by atoms with Crippen molar-refractivity contribution in [2.45, 2.75) is 57.3 Å². The van der Waals surface area contributed by atoms with Crippen LogP contribution in [-0.2, 0) is 16.1 Å². The molecule has 0 saturated heterocycles. The molecule has 3 heteroatoms. The Labute approximate surface area is 127 Å². The average Bonchev–Trinajstić information content (AvgIpc) is 2.54. The Hall–Kier alpha value is -1.50. The second-order valence-electron chi connectivity index (χ2n) is 5.52. The van der Waals surface area contributed by atoms with E-state index in [1.54, 1.807) is 0 Å². The van der Waals surface area contributed by atoms with Gasteiger partial charge in [-0.05, 0) is 31.2 Å². The Balaban J connectivity index is 1.56. The molecule has 0 radical (unpaired) electrons. The van der Waals surface area contributed by atoms with E-state index in [2.05, 4.69) is 12.0 Å². The maximum atomic E-state index is 9.78. The maximum absolute atomic E-state index is 9.78. The van der Waals surface area contributed by atoms with Crippen LogP contribution in [0.5, 0.6) is 0 Å². The lowest BCUT2D eigenvalue weighted by atomic mass is 9.98. The predicted molar refractivity (Wildman–Crippen MR) is 82.5 cm³/mol. The van der Waals surface area contributed by atoms with Crippen LogP contribution in [0.1, 0.15) is 44.1 Å². The molecule has 0 spiro atoms. The highest BCUT2D eigenvalue weighted by Gasteiger charge is 2.12. The molecule has 1 aliphatic rings. The average molecular weight is 288 g/mol. The van der Waals surface area contributed by atoms with E-state index in [1.165, 1.54) is 19.3 Å². The highest BCUT2D eigenvalue weighted by molar-refractivity contribution is 5.13. The molecule has 1 unspecified atom stereocenters. The summed E-state index contributed by atoms with van der Waals surface area (Å²) in [7, 11) is 0. The molecule has 0 bridgehead atoms. The van der Waals surface area contributed by atoms with Crippen LogP contribution < -0.4 is 0 Å². The molecule has 0 amide bonds. The monoisotopic (exact) mass is 288 g/mol. The summed E-state index contributed by atoms with van der Waals surface area (Å²) in [4.78, 5) is 0. The lowest BCUT2D eigenvalue weighted by Crippen LogP contribution is -2.15. The van der Waals surface area contributed by atoms with E-state index in [0.717, 1.165) is 18.4 Å². The minimum absolute atomic E-state index is 0.290. The van der Waals surface area contributed by atoms with Gasteiger partial charge in [-0.3, -0.25) is 0 Å². The van der Waals surface area contributed by atoms with Gasteiger partial charge >= 0.3 is 0 Å². The van der Waals surface area contributed by atoms with Gasteiger partial charge in [0.25, 0.3) is 0 Å². The SMILES string of the molecule is OC(CC#COC1CCCCC1)COCc1ccccc1. The molecule has 0 aromatic heterocycles. The number of rotatable bonds is 6. The normalized spacial score (nSPS) is 16.8. The number of ether oxygens (including phenoxy) is 2. The highest BCUT2D eigenvalue weighted by atomic mass is 16.5. The van der Waals surface area contributed by atoms with Gasteiger partial charge in [0.15, 0.2) is 0 Å². The zero-order valence-electron chi connectivity index (χ0n) is 12.5. The summed E-state index contributed by atoms with van der Waals surface area (Å²) in [6.45, 7) is 0.816. The number of aliphatic hydroxyl groups excluding tert-OH is 1. The van der Waals surface area contributed by atoms with Gasteiger partial charge in [-0.25, -0.2) is 0 Å². The summed E-state index contributed by atoms with van der Waals surface area (Å²) in [5, 5.41) is 9.78. The number of aliphatic hydroxyl groups is 1. The molecule has 1 aliphatic carbocycles. The molecule has 1 saturated carbocycles. The molecule has 21 heavy (non-hydrogen) atoms. The number of hydrogen-bond acceptors (Lipinski definition) is 3. The Morgan fingerprint density at radius 2 is 1.90 bits per heavy atom. The van der Waals surface area contributed by atoms with E-state index in [9.17, 15) is 5.11 Å². The lowest BCUT2D eigenvalue weighted by molar-refractivity contribution is 0.0308. The largest absolute Gasteiger partial charge is 0.443 e. The Morgan fingerprint density at radius 1 is 1.14 bits per heavy atom. The number of hydrogen-bond donors (Lipinski definition) is 1. The highest BCUT2D eigenvalue weighted by Crippen LogP contribution is 2.19. The van der Waals surface area contributed by atoms with Crippen LogP contribution >= 0.6 is 0 Å². The first kappa shape index (κ1) is 15.9. The van der Waals surface area contributed by atoms with E-state index in [1.807, 2.05) is 30.3 Å². The molecule has 1 aromatic rings. The van der Waals surface area contributed by atoms with E-state index >= 15 is 0 Å². The van der Waals surface area contributed by atoms with Crippen molar-refractivity contribution in [3.05, 3.63) is 35.9 Å². The minimum Gasteiger partial charge on any atom is -0.443 e. The topological polar surface area (TPSA) is 38.7 Å². The minimum atomic E-state index is -0.559. The second kappa shape index (κ2) is 9.44. The van der Waals surface area contributed by atoms with Gasteiger partial charge in [0.1, 0.15) is 12.2 Å². The fourth-order valence-corrected chi connectivity index (χ4v) is 2.41. The summed E-state index contributed by atoms with van der Waals surface area (Å²) in [6.07, 6.45) is 8.85. The maximum Gasteiger partial charge on any atom is 0.110 e. The first-order chi connectivity index (χ1) is 10.3. The van der Waals surface area contributed by atoms with Crippen molar-refractivity contribution >= 4 is 0 Å². The number of benzene rings is 1. The summed E-state index contributed by atoms with van der Waals surface area (Å²) in [6, 6.07) is 9.93. The zero-order chi connectivity index (χ0) is 14.8. The van der Waals surface area contributed by atoms with Crippen LogP contribution in [0.2, 0.25) is 0 Å². The molecule has 0 aliphatic heterocycles. The van der Waals surface area contributed by atoms with Crippen molar-refractivity contribution < 1.29 is 14.6 Å². The van der Waals surface area contributed by atoms with Gasteiger partial charge in [0, 0.05) is 6.42 Å². The summed E-state index contributed by atoms with van der Waals surface area (Å²) in [5.74, 6) is 2.88. The van der Waals surface area contributed by atoms with Crippen molar-refractivity contribution in [1.82, 2.24) is 0 Å². The third-order valence-corrected chi connectivity index (χ3v) is 3.61. The molecule has 1 N–H and O–H groups in total. The fraction of sp³-hybridized carbons (Fsp3) is 0.556. The van der Waals surface area contributed by atoms with Crippen molar-refractivity contribution in [3.8, 4) is 12.0 Å². The molecule has 114 valence electrons. The van der Waals surface area contributed by atoms with Crippen LogP contribution in [0.15, 0.2) is 30.3 Å². The van der Waals surface area contributed by atoms with Gasteiger partial charge in [-0.1, -0.05) is 42.7 Å². The zero-order valence-corrected chi connectivity index (χ0v) is 12.5. The van der Waals surface area contributed by atoms with Gasteiger partial charge in [0.05, 0.1) is 19.3 Å². The first-order valence-corrected chi connectivity index (χ1v) is 7.78. The standard InChI is InChI=1S/C18H24O3/c19-17(15-20-14-16-8-3-1-4-9-16)10-7-13-21-18-11-5-2-6-12-18/h1,3-4,8-9,17-19H,2,5-6,10-12,14-15H2. The molecule has 3 nitrogen and oxygen atoms in total. The fourth-order valence-electron chi connectivity index (χ4n) is 2.41. The summed E-state index contributed by atoms with van der Waals surface area (Å²) in [5.41, 5.74) is 1.11. The smallest absolute Gasteiger partial charge is 0.110 e. The van der Waals surface area contributed by atoms with E-state index in [0.29, 0.717) is 19.6 Å². The lowest BCUT2D eigenvalue weighted by Gasteiger charge is -2.18. The third kappa shape index (κ3) is 6.66. The Kier molecular flexibility index (Phi) is 7.14. The van der Waals surface area contributed by atoms with Crippen LogP contribution in [0.3, 0.4) is 0 Å². The molecule has 0 heterocycles. The van der Waals surface area contributed by atoms with Crippen LogP contribution in [-0.4, -0.2) is 23.9 Å². The van der Waals surface area contributed by atoms with Crippen molar-refractivity contribution in [2.75, 3.05) is 6.61 Å². The molecular weight excluding hydrogens is 264 g/mol. The Bertz CT molecular complexity index is 441. The van der Waals surface area contributed by atoms with Gasteiger partial charge < -0.3 is 14.6 Å². The first-order valence-electron chi connectivity index (χ1n) is 7.78. The quantitative estimate of drug-likeness (QED) is 0.817. The van der Waals surface area contributed by atoms with E-state index in [-0.39, 0.29) is 6.10 Å². The molecule has 1 fully saturated rings. The van der Waals surface area contributed by atoms with Gasteiger partial charge in [0.2, 0.25) is 0 Å². The van der Waals surface area contributed by atoms with Crippen LogP contribution in [0.4, 0.5) is 0 Å². The summed E-state index contributed by atoms with van der Waals surface area (Å²) < 4.78 is 11.0. The molecular formula is C18H24O3. The van der Waals surface area contributed by atoms with E-state index in [4.69, 9.17) is 9.47 Å². The predicted octanol–water partition coefficient (Wildman–Crippen LogP) is 3.26. The van der Waals surface area contributed by atoms with Crippen LogP contribution in [0, 0.1) is 12.0 Å². The molecule has 2 rings (SSSR count). The third-order valence-electron chi connectivity index (χ3n) is 3.61. The van der Waals surface area contributed by atoms with E-state index < -0.39 is 6.10 Å². The van der Waals surface area contributed by atoms with Crippen molar-refractivity contribution in [2.24, 2.45) is 0 Å². The molecule has 1 aromatic carbocycles. The van der Waals surface area contributed by atoms with Crippen molar-refractivity contribution in [3.63, 3.8) is 0 Å². The van der Waals surface area contributed by atoms with Gasteiger partial charge in [-0.15, -0.1) is 0 Å². The summed E-state index contributed by atoms with van der Waals surface area (Å²) >= 11 is 0. The van der Waals surface area contributed by atoms with Crippen LogP contribution in [0.25, 0.3) is 0 Å². The Morgan fingerprint density at radius 3 is 2.67 bits per heavy atom. The van der Waals surface area contributed by atoms with Gasteiger partial charge in [-0.2, -0.15) is 0 Å².